The molecular weight excluding hydrogens is 272 g/mol. The summed E-state index contributed by atoms with van der Waals surface area (Å²) in [6.07, 6.45) is 0.304. The van der Waals surface area contributed by atoms with Gasteiger partial charge in [-0.05, 0) is 12.0 Å². The molecule has 1 aliphatic rings. The summed E-state index contributed by atoms with van der Waals surface area (Å²) in [4.78, 5) is 23.9. The van der Waals surface area contributed by atoms with E-state index in [1.807, 2.05) is 0 Å². The van der Waals surface area contributed by atoms with E-state index in [9.17, 15) is 14.9 Å². The van der Waals surface area contributed by atoms with E-state index in [-0.39, 0.29) is 23.2 Å². The lowest BCUT2D eigenvalue weighted by Crippen LogP contribution is -2.26. The Morgan fingerprint density at radius 2 is 2.32 bits per heavy atom. The first-order valence-corrected chi connectivity index (χ1v) is 6.29. The molecule has 1 aromatic rings. The first-order valence-electron chi connectivity index (χ1n) is 5.76. The highest BCUT2D eigenvalue weighted by atomic mass is 35.5. The van der Waals surface area contributed by atoms with Crippen molar-refractivity contribution in [3.63, 3.8) is 0 Å². The Hall–Kier alpha value is -1.82. The van der Waals surface area contributed by atoms with Crippen molar-refractivity contribution >= 4 is 28.9 Å². The summed E-state index contributed by atoms with van der Waals surface area (Å²) in [5, 5.41) is 11.1. The van der Waals surface area contributed by atoms with E-state index >= 15 is 0 Å². The minimum Gasteiger partial charge on any atom is -0.494 e. The molecule has 0 radical (unpaired) electrons. The molecule has 102 valence electrons. The minimum atomic E-state index is -0.515. The van der Waals surface area contributed by atoms with Crippen LogP contribution in [0.1, 0.15) is 6.42 Å². The van der Waals surface area contributed by atoms with Gasteiger partial charge in [-0.25, -0.2) is 0 Å². The van der Waals surface area contributed by atoms with Crippen LogP contribution >= 0.6 is 11.6 Å². The number of methoxy groups -OCH3 is 1. The molecule has 0 bridgehead atoms. The van der Waals surface area contributed by atoms with Gasteiger partial charge < -0.3 is 9.64 Å². The fraction of sp³-hybridized carbons (Fsp3) is 0.417. The summed E-state index contributed by atoms with van der Waals surface area (Å²) in [5.41, 5.74) is 0.0792. The van der Waals surface area contributed by atoms with Crippen molar-refractivity contribution in [1.82, 2.24) is 0 Å². The molecule has 0 aromatic heterocycles. The molecule has 2 rings (SSSR count). The molecule has 6 nitrogen and oxygen atoms in total. The highest BCUT2D eigenvalue weighted by molar-refractivity contribution is 6.18. The van der Waals surface area contributed by atoms with Gasteiger partial charge in [0.15, 0.2) is 5.69 Å². The molecule has 1 atom stereocenters. The standard InChI is InChI=1S/C12H13ClN2O4/c1-19-10-4-2-3-9(15(17)18)12(10)14-7-8(6-13)5-11(14)16/h2-4,8H,5-7H2,1H3. The molecule has 1 amide bonds. The van der Waals surface area contributed by atoms with Gasteiger partial charge in [0.2, 0.25) is 5.91 Å². The minimum absolute atomic E-state index is 0.0127. The van der Waals surface area contributed by atoms with Gasteiger partial charge in [0.1, 0.15) is 5.75 Å². The number of carbonyl (C=O) groups is 1. The zero-order valence-electron chi connectivity index (χ0n) is 10.3. The van der Waals surface area contributed by atoms with Crippen LogP contribution in [0.25, 0.3) is 0 Å². The Labute approximate surface area is 115 Å². The molecular formula is C12H13ClN2O4. The molecule has 19 heavy (non-hydrogen) atoms. The third-order valence-corrected chi connectivity index (χ3v) is 3.52. The Morgan fingerprint density at radius 3 is 2.84 bits per heavy atom. The third-order valence-electron chi connectivity index (χ3n) is 3.09. The zero-order chi connectivity index (χ0) is 14.0. The van der Waals surface area contributed by atoms with Gasteiger partial charge in [0.25, 0.3) is 5.69 Å². The first-order chi connectivity index (χ1) is 9.08. The number of halogens is 1. The van der Waals surface area contributed by atoms with Crippen LogP contribution in [-0.2, 0) is 4.79 Å². The van der Waals surface area contributed by atoms with Crippen molar-refractivity contribution in [3.05, 3.63) is 28.3 Å². The fourth-order valence-corrected chi connectivity index (χ4v) is 2.40. The molecule has 1 aliphatic heterocycles. The van der Waals surface area contributed by atoms with Crippen molar-refractivity contribution in [1.29, 1.82) is 0 Å². The zero-order valence-corrected chi connectivity index (χ0v) is 11.1. The predicted molar refractivity (Wildman–Crippen MR) is 70.8 cm³/mol. The molecule has 1 unspecified atom stereocenters. The van der Waals surface area contributed by atoms with Gasteiger partial charge in [-0.15, -0.1) is 11.6 Å². The largest absolute Gasteiger partial charge is 0.494 e. The van der Waals surface area contributed by atoms with Gasteiger partial charge >= 0.3 is 0 Å². The average Bonchev–Trinajstić information content (AvgIpc) is 2.78. The summed E-state index contributed by atoms with van der Waals surface area (Å²) in [7, 11) is 1.42. The maximum Gasteiger partial charge on any atom is 0.296 e. The number of carbonyl (C=O) groups excluding carboxylic acids is 1. The highest BCUT2D eigenvalue weighted by Crippen LogP contribution is 2.40. The number of anilines is 1. The van der Waals surface area contributed by atoms with Crippen LogP contribution in [0.4, 0.5) is 11.4 Å². The van der Waals surface area contributed by atoms with Crippen LogP contribution in [0.3, 0.4) is 0 Å². The van der Waals surface area contributed by atoms with Crippen molar-refractivity contribution < 1.29 is 14.5 Å². The lowest BCUT2D eigenvalue weighted by atomic mass is 10.1. The number of alkyl halides is 1. The number of amides is 1. The molecule has 1 saturated heterocycles. The summed E-state index contributed by atoms with van der Waals surface area (Å²) in [6, 6.07) is 4.49. The normalized spacial score (nSPS) is 18.7. The Bertz CT molecular complexity index is 520. The second-order valence-electron chi connectivity index (χ2n) is 4.31. The lowest BCUT2D eigenvalue weighted by molar-refractivity contribution is -0.384. The van der Waals surface area contributed by atoms with Gasteiger partial charge in [-0.1, -0.05) is 6.07 Å². The van der Waals surface area contributed by atoms with E-state index in [4.69, 9.17) is 16.3 Å². The molecule has 7 heteroatoms. The second kappa shape index (κ2) is 5.44. The van der Waals surface area contributed by atoms with Crippen molar-refractivity contribution in [2.45, 2.75) is 6.42 Å². The number of hydrogen-bond acceptors (Lipinski definition) is 4. The van der Waals surface area contributed by atoms with E-state index in [0.717, 1.165) is 0 Å². The third kappa shape index (κ3) is 2.49. The molecule has 1 aromatic carbocycles. The summed E-state index contributed by atoms with van der Waals surface area (Å²) in [5.74, 6) is 0.514. The van der Waals surface area contributed by atoms with Crippen LogP contribution in [0.2, 0.25) is 0 Å². The number of ether oxygens (including phenoxy) is 1. The molecule has 0 saturated carbocycles. The lowest BCUT2D eigenvalue weighted by Gasteiger charge is -2.19. The molecule has 0 aliphatic carbocycles. The molecule has 1 fully saturated rings. The van der Waals surface area contributed by atoms with E-state index < -0.39 is 4.92 Å². The molecule has 0 N–H and O–H groups in total. The van der Waals surface area contributed by atoms with E-state index in [0.29, 0.717) is 24.6 Å². The number of nitro groups is 1. The molecule has 0 spiro atoms. The van der Waals surface area contributed by atoms with Crippen molar-refractivity contribution in [3.8, 4) is 5.75 Å². The average molecular weight is 285 g/mol. The van der Waals surface area contributed by atoms with Gasteiger partial charge in [0.05, 0.1) is 12.0 Å². The van der Waals surface area contributed by atoms with Crippen LogP contribution in [0.15, 0.2) is 18.2 Å². The summed E-state index contributed by atoms with van der Waals surface area (Å²) < 4.78 is 5.13. The maximum atomic E-state index is 12.0. The summed E-state index contributed by atoms with van der Waals surface area (Å²) in [6.45, 7) is 0.379. The quantitative estimate of drug-likeness (QED) is 0.483. The second-order valence-corrected chi connectivity index (χ2v) is 4.62. The number of benzene rings is 1. The number of rotatable bonds is 4. The van der Waals surface area contributed by atoms with Crippen LogP contribution in [0, 0.1) is 16.0 Å². The highest BCUT2D eigenvalue weighted by Gasteiger charge is 2.35. The first kappa shape index (κ1) is 13.6. The van der Waals surface area contributed by atoms with Gasteiger partial charge in [-0.3, -0.25) is 14.9 Å². The Kier molecular flexibility index (Phi) is 3.90. The van der Waals surface area contributed by atoms with E-state index in [1.165, 1.54) is 24.1 Å². The number of nitrogens with zero attached hydrogens (tertiary/aromatic N) is 2. The van der Waals surface area contributed by atoms with Crippen molar-refractivity contribution in [2.75, 3.05) is 24.4 Å². The van der Waals surface area contributed by atoms with E-state index in [2.05, 4.69) is 0 Å². The molecule has 1 heterocycles. The van der Waals surface area contributed by atoms with Crippen LogP contribution in [0.5, 0.6) is 5.75 Å². The predicted octanol–water partition coefficient (Wildman–Crippen LogP) is 2.20. The number of para-hydroxylation sites is 1. The van der Waals surface area contributed by atoms with Crippen LogP contribution in [-0.4, -0.2) is 30.4 Å². The monoisotopic (exact) mass is 284 g/mol. The topological polar surface area (TPSA) is 72.7 Å². The Balaban J connectivity index is 2.48. The Morgan fingerprint density at radius 1 is 1.58 bits per heavy atom. The smallest absolute Gasteiger partial charge is 0.296 e. The fourth-order valence-electron chi connectivity index (χ4n) is 2.20. The number of nitro benzene ring substituents is 1. The maximum absolute atomic E-state index is 12.0. The van der Waals surface area contributed by atoms with Crippen molar-refractivity contribution in [2.24, 2.45) is 5.92 Å². The number of hydrogen-bond donors (Lipinski definition) is 0. The van der Waals surface area contributed by atoms with Crippen LogP contribution < -0.4 is 9.64 Å². The van der Waals surface area contributed by atoms with Gasteiger partial charge in [0, 0.05) is 24.9 Å². The summed E-state index contributed by atoms with van der Waals surface area (Å²) >= 11 is 5.76. The van der Waals surface area contributed by atoms with Gasteiger partial charge in [-0.2, -0.15) is 0 Å². The SMILES string of the molecule is COc1cccc([N+](=O)[O-])c1N1CC(CCl)CC1=O. The van der Waals surface area contributed by atoms with E-state index in [1.54, 1.807) is 6.07 Å².